The van der Waals surface area contributed by atoms with Gasteiger partial charge in [-0.3, -0.25) is 4.79 Å². The van der Waals surface area contributed by atoms with Crippen molar-refractivity contribution in [2.45, 2.75) is 26.4 Å². The Morgan fingerprint density at radius 1 is 1.70 bits per heavy atom. The molecule has 0 aromatic rings. The highest BCUT2D eigenvalue weighted by Gasteiger charge is 1.97. The van der Waals surface area contributed by atoms with Crippen LogP contribution in [0.2, 0.25) is 0 Å². The first-order valence-electron chi connectivity index (χ1n) is 3.44. The SMILES string of the molecule is COC(C)CCNC(C)=O. The number of rotatable bonds is 4. The molecule has 3 heteroatoms. The summed E-state index contributed by atoms with van der Waals surface area (Å²) in [7, 11) is 1.67. The Hall–Kier alpha value is -0.570. The Bertz CT molecular complexity index is 104. The van der Waals surface area contributed by atoms with E-state index >= 15 is 0 Å². The largest absolute Gasteiger partial charge is 0.382 e. The van der Waals surface area contributed by atoms with E-state index in [1.807, 2.05) is 6.92 Å². The monoisotopic (exact) mass is 145 g/mol. The lowest BCUT2D eigenvalue weighted by atomic mass is 10.3. The van der Waals surface area contributed by atoms with Crippen LogP contribution in [0.3, 0.4) is 0 Å². The molecule has 0 aliphatic heterocycles. The van der Waals surface area contributed by atoms with Gasteiger partial charge in [-0.25, -0.2) is 0 Å². The fourth-order valence-electron chi connectivity index (χ4n) is 0.569. The van der Waals surface area contributed by atoms with Crippen LogP contribution in [0.5, 0.6) is 0 Å². The average Bonchev–Trinajstić information content (AvgIpc) is 1.87. The fourth-order valence-corrected chi connectivity index (χ4v) is 0.569. The van der Waals surface area contributed by atoms with E-state index < -0.39 is 0 Å². The van der Waals surface area contributed by atoms with Crippen LogP contribution in [0, 0.1) is 0 Å². The van der Waals surface area contributed by atoms with E-state index in [1.165, 1.54) is 6.92 Å². The van der Waals surface area contributed by atoms with Crippen LogP contribution < -0.4 is 5.32 Å². The highest BCUT2D eigenvalue weighted by atomic mass is 16.5. The highest BCUT2D eigenvalue weighted by molar-refractivity contribution is 5.72. The molecular weight excluding hydrogens is 130 g/mol. The van der Waals surface area contributed by atoms with E-state index in [1.54, 1.807) is 7.11 Å². The van der Waals surface area contributed by atoms with Crippen molar-refractivity contribution in [3.63, 3.8) is 0 Å². The van der Waals surface area contributed by atoms with Gasteiger partial charge in [-0.2, -0.15) is 0 Å². The Kier molecular flexibility index (Phi) is 4.94. The van der Waals surface area contributed by atoms with Crippen LogP contribution in [0.15, 0.2) is 0 Å². The third-order valence-electron chi connectivity index (χ3n) is 1.33. The van der Waals surface area contributed by atoms with Crippen LogP contribution in [0.25, 0.3) is 0 Å². The molecule has 0 saturated heterocycles. The van der Waals surface area contributed by atoms with Crippen molar-refractivity contribution in [1.82, 2.24) is 5.32 Å². The summed E-state index contributed by atoms with van der Waals surface area (Å²) in [5.74, 6) is 0.0169. The second-order valence-electron chi connectivity index (χ2n) is 2.32. The first kappa shape index (κ1) is 9.43. The van der Waals surface area contributed by atoms with Crippen molar-refractivity contribution < 1.29 is 9.53 Å². The van der Waals surface area contributed by atoms with Crippen molar-refractivity contribution in [2.75, 3.05) is 13.7 Å². The van der Waals surface area contributed by atoms with E-state index in [-0.39, 0.29) is 12.0 Å². The van der Waals surface area contributed by atoms with Gasteiger partial charge < -0.3 is 10.1 Å². The van der Waals surface area contributed by atoms with Crippen LogP contribution in [-0.2, 0) is 9.53 Å². The maximum Gasteiger partial charge on any atom is 0.216 e. The number of hydrogen-bond acceptors (Lipinski definition) is 2. The van der Waals surface area contributed by atoms with Gasteiger partial charge >= 0.3 is 0 Å². The zero-order chi connectivity index (χ0) is 7.98. The summed E-state index contributed by atoms with van der Waals surface area (Å²) in [4.78, 5) is 10.4. The van der Waals surface area contributed by atoms with Crippen LogP contribution in [0.4, 0.5) is 0 Å². The standard InChI is InChI=1S/C7H15NO2/c1-6(10-3)4-5-8-7(2)9/h6H,4-5H2,1-3H3,(H,8,9). The number of hydrogen-bond donors (Lipinski definition) is 1. The summed E-state index contributed by atoms with van der Waals surface area (Å²) >= 11 is 0. The molecule has 0 spiro atoms. The molecule has 60 valence electrons. The van der Waals surface area contributed by atoms with E-state index in [0.29, 0.717) is 6.54 Å². The Morgan fingerprint density at radius 2 is 2.30 bits per heavy atom. The maximum absolute atomic E-state index is 10.4. The van der Waals surface area contributed by atoms with Gasteiger partial charge in [0.15, 0.2) is 0 Å². The van der Waals surface area contributed by atoms with E-state index in [4.69, 9.17) is 4.74 Å². The smallest absolute Gasteiger partial charge is 0.216 e. The summed E-state index contributed by atoms with van der Waals surface area (Å²) < 4.78 is 4.98. The van der Waals surface area contributed by atoms with Crippen molar-refractivity contribution in [3.8, 4) is 0 Å². The molecule has 0 saturated carbocycles. The lowest BCUT2D eigenvalue weighted by molar-refractivity contribution is -0.119. The van der Waals surface area contributed by atoms with E-state index in [0.717, 1.165) is 6.42 Å². The molecule has 0 heterocycles. The molecule has 1 unspecified atom stereocenters. The first-order valence-corrected chi connectivity index (χ1v) is 3.44. The molecule has 1 N–H and O–H groups in total. The molecule has 0 aliphatic carbocycles. The number of ether oxygens (including phenoxy) is 1. The molecule has 3 nitrogen and oxygen atoms in total. The van der Waals surface area contributed by atoms with Gasteiger partial charge in [-0.05, 0) is 13.3 Å². The van der Waals surface area contributed by atoms with Crippen LogP contribution in [-0.4, -0.2) is 25.7 Å². The third-order valence-corrected chi connectivity index (χ3v) is 1.33. The summed E-state index contributed by atoms with van der Waals surface area (Å²) in [5, 5.41) is 2.69. The minimum Gasteiger partial charge on any atom is -0.382 e. The molecule has 0 bridgehead atoms. The van der Waals surface area contributed by atoms with Gasteiger partial charge in [0.1, 0.15) is 0 Å². The Labute approximate surface area is 61.8 Å². The lowest BCUT2D eigenvalue weighted by Crippen LogP contribution is -2.24. The van der Waals surface area contributed by atoms with Crippen molar-refractivity contribution in [1.29, 1.82) is 0 Å². The van der Waals surface area contributed by atoms with Crippen molar-refractivity contribution >= 4 is 5.91 Å². The zero-order valence-electron chi connectivity index (χ0n) is 6.81. The first-order chi connectivity index (χ1) is 4.66. The summed E-state index contributed by atoms with van der Waals surface area (Å²) in [6, 6.07) is 0. The van der Waals surface area contributed by atoms with Crippen LogP contribution >= 0.6 is 0 Å². The molecule has 0 aliphatic rings. The van der Waals surface area contributed by atoms with Gasteiger partial charge in [-0.15, -0.1) is 0 Å². The van der Waals surface area contributed by atoms with Gasteiger partial charge in [0.05, 0.1) is 6.10 Å². The third kappa shape index (κ3) is 5.56. The number of carbonyl (C=O) groups excluding carboxylic acids is 1. The fraction of sp³-hybridized carbons (Fsp3) is 0.857. The highest BCUT2D eigenvalue weighted by Crippen LogP contribution is 1.91. The molecule has 1 atom stereocenters. The predicted octanol–water partition coefficient (Wildman–Crippen LogP) is 0.547. The second-order valence-corrected chi connectivity index (χ2v) is 2.32. The molecule has 0 fully saturated rings. The molecule has 1 amide bonds. The number of methoxy groups -OCH3 is 1. The summed E-state index contributed by atoms with van der Waals surface area (Å²) in [6.45, 7) is 4.18. The quantitative estimate of drug-likeness (QED) is 0.627. The zero-order valence-corrected chi connectivity index (χ0v) is 6.81. The number of carbonyl (C=O) groups is 1. The van der Waals surface area contributed by atoms with Gasteiger partial charge in [-0.1, -0.05) is 0 Å². The maximum atomic E-state index is 10.4. The number of nitrogens with one attached hydrogen (secondary N) is 1. The molecule has 0 radical (unpaired) electrons. The summed E-state index contributed by atoms with van der Waals surface area (Å²) in [5.41, 5.74) is 0. The van der Waals surface area contributed by atoms with Gasteiger partial charge in [0, 0.05) is 20.6 Å². The molecule has 0 rings (SSSR count). The molecular formula is C7H15NO2. The number of amides is 1. The van der Waals surface area contributed by atoms with E-state index in [9.17, 15) is 4.79 Å². The summed E-state index contributed by atoms with van der Waals surface area (Å²) in [6.07, 6.45) is 1.10. The Morgan fingerprint density at radius 3 is 2.70 bits per heavy atom. The van der Waals surface area contributed by atoms with Gasteiger partial charge in [0.25, 0.3) is 0 Å². The lowest BCUT2D eigenvalue weighted by Gasteiger charge is -2.08. The van der Waals surface area contributed by atoms with Crippen LogP contribution in [0.1, 0.15) is 20.3 Å². The predicted molar refractivity (Wildman–Crippen MR) is 39.8 cm³/mol. The molecule has 0 aromatic carbocycles. The average molecular weight is 145 g/mol. The minimum absolute atomic E-state index is 0.0169. The topological polar surface area (TPSA) is 38.3 Å². The Balaban J connectivity index is 3.11. The molecule has 0 aromatic heterocycles. The van der Waals surface area contributed by atoms with Gasteiger partial charge in [0.2, 0.25) is 5.91 Å². The normalized spacial score (nSPS) is 12.7. The minimum atomic E-state index is 0.0169. The van der Waals surface area contributed by atoms with E-state index in [2.05, 4.69) is 5.32 Å². The van der Waals surface area contributed by atoms with Crippen molar-refractivity contribution in [2.24, 2.45) is 0 Å². The second kappa shape index (κ2) is 5.23. The molecule has 10 heavy (non-hydrogen) atoms. The van der Waals surface area contributed by atoms with Crippen molar-refractivity contribution in [3.05, 3.63) is 0 Å².